The van der Waals surface area contributed by atoms with E-state index in [2.05, 4.69) is 240 Å². The zero-order chi connectivity index (χ0) is 38.4. The highest BCUT2D eigenvalue weighted by Gasteiger charge is 2.20. The number of aromatic nitrogens is 1. The molecule has 10 aromatic carbocycles. The summed E-state index contributed by atoms with van der Waals surface area (Å²) in [6.45, 7) is 0. The summed E-state index contributed by atoms with van der Waals surface area (Å²) in [5, 5.41) is 7.56. The highest BCUT2D eigenvalue weighted by molar-refractivity contribution is 6.14. The maximum atomic E-state index is 2.41. The van der Waals surface area contributed by atoms with E-state index in [9.17, 15) is 0 Å². The van der Waals surface area contributed by atoms with Crippen molar-refractivity contribution in [2.45, 2.75) is 0 Å². The number of para-hydroxylation sites is 3. The number of hydrogen-bond acceptors (Lipinski definition) is 1. The van der Waals surface area contributed by atoms with Gasteiger partial charge in [-0.1, -0.05) is 170 Å². The number of benzene rings is 10. The standard InChI is InChI=1S/C56H38N2/c1-3-16-40(17-4-1)48-35-32-43(53-37-42-18-7-8-23-47(42)49-24-9-10-25-50(49)53)38-56(48)57(44-20-5-2-6-21-44)45-33-30-39(31-34-45)41-19-15-22-46(36-41)58-54-28-13-11-26-51(54)52-27-12-14-29-55(52)58/h1-38H. The van der Waals surface area contributed by atoms with Crippen LogP contribution in [0.1, 0.15) is 0 Å². The van der Waals surface area contributed by atoms with Gasteiger partial charge in [-0.05, 0) is 110 Å². The molecule has 0 N–H and O–H groups in total. The maximum absolute atomic E-state index is 2.41. The van der Waals surface area contributed by atoms with E-state index in [0.29, 0.717) is 0 Å². The van der Waals surface area contributed by atoms with E-state index in [4.69, 9.17) is 0 Å². The molecule has 2 nitrogen and oxygen atoms in total. The Kier molecular flexibility index (Phi) is 8.19. The molecule has 0 aliphatic heterocycles. The van der Waals surface area contributed by atoms with Crippen LogP contribution in [0, 0.1) is 0 Å². The van der Waals surface area contributed by atoms with Crippen molar-refractivity contribution in [2.24, 2.45) is 0 Å². The Hall–Kier alpha value is -7.68. The van der Waals surface area contributed by atoms with Crippen LogP contribution in [0.5, 0.6) is 0 Å². The van der Waals surface area contributed by atoms with Gasteiger partial charge >= 0.3 is 0 Å². The van der Waals surface area contributed by atoms with Crippen LogP contribution in [0.2, 0.25) is 0 Å². The van der Waals surface area contributed by atoms with Crippen LogP contribution in [0.3, 0.4) is 0 Å². The van der Waals surface area contributed by atoms with Crippen LogP contribution in [-0.2, 0) is 0 Å². The molecule has 11 aromatic rings. The summed E-state index contributed by atoms with van der Waals surface area (Å²) in [5.41, 5.74) is 14.0. The molecule has 0 saturated carbocycles. The molecule has 0 saturated heterocycles. The first-order valence-electron chi connectivity index (χ1n) is 19.9. The van der Waals surface area contributed by atoms with Crippen molar-refractivity contribution < 1.29 is 0 Å². The van der Waals surface area contributed by atoms with Crippen LogP contribution in [-0.4, -0.2) is 4.57 Å². The minimum Gasteiger partial charge on any atom is -0.310 e. The van der Waals surface area contributed by atoms with E-state index in [-0.39, 0.29) is 0 Å². The monoisotopic (exact) mass is 738 g/mol. The van der Waals surface area contributed by atoms with Gasteiger partial charge in [0.1, 0.15) is 0 Å². The summed E-state index contributed by atoms with van der Waals surface area (Å²) in [6.07, 6.45) is 0. The average molecular weight is 739 g/mol. The minimum absolute atomic E-state index is 1.09. The highest BCUT2D eigenvalue weighted by Crippen LogP contribution is 2.45. The Morgan fingerprint density at radius 1 is 0.293 bits per heavy atom. The summed E-state index contributed by atoms with van der Waals surface area (Å²) in [7, 11) is 0. The number of rotatable bonds is 7. The predicted octanol–water partition coefficient (Wildman–Crippen LogP) is 15.6. The van der Waals surface area contributed by atoms with Crippen molar-refractivity contribution >= 4 is 60.4 Å². The molecule has 0 aliphatic carbocycles. The van der Waals surface area contributed by atoms with Gasteiger partial charge in [0.05, 0.1) is 16.7 Å². The van der Waals surface area contributed by atoms with Gasteiger partial charge in [0.15, 0.2) is 0 Å². The average Bonchev–Trinajstić information content (AvgIpc) is 3.64. The molecule has 0 atom stereocenters. The first kappa shape index (κ1) is 33.6. The largest absolute Gasteiger partial charge is 0.310 e. The lowest BCUT2D eigenvalue weighted by Crippen LogP contribution is -2.11. The van der Waals surface area contributed by atoms with Gasteiger partial charge in [-0.2, -0.15) is 0 Å². The second kappa shape index (κ2) is 14.1. The van der Waals surface area contributed by atoms with Gasteiger partial charge in [0, 0.05) is 33.4 Å². The van der Waals surface area contributed by atoms with E-state index in [1.54, 1.807) is 0 Å². The van der Waals surface area contributed by atoms with Crippen molar-refractivity contribution in [3.8, 4) is 39.1 Å². The first-order chi connectivity index (χ1) is 28.8. The van der Waals surface area contributed by atoms with E-state index < -0.39 is 0 Å². The third-order valence-electron chi connectivity index (χ3n) is 11.6. The molecule has 58 heavy (non-hydrogen) atoms. The quantitative estimate of drug-likeness (QED) is 0.148. The van der Waals surface area contributed by atoms with Crippen molar-refractivity contribution in [1.29, 1.82) is 0 Å². The molecule has 0 amide bonds. The molecule has 0 radical (unpaired) electrons. The third-order valence-corrected chi connectivity index (χ3v) is 11.6. The minimum atomic E-state index is 1.09. The molecular formula is C56H38N2. The number of hydrogen-bond donors (Lipinski definition) is 0. The van der Waals surface area contributed by atoms with Crippen LogP contribution >= 0.6 is 0 Å². The molecule has 0 unspecified atom stereocenters. The summed E-state index contributed by atoms with van der Waals surface area (Å²) < 4.78 is 2.39. The Morgan fingerprint density at radius 3 is 1.57 bits per heavy atom. The predicted molar refractivity (Wildman–Crippen MR) is 247 cm³/mol. The fourth-order valence-electron chi connectivity index (χ4n) is 8.87. The van der Waals surface area contributed by atoms with Crippen LogP contribution in [0.4, 0.5) is 17.1 Å². The second-order valence-electron chi connectivity index (χ2n) is 14.9. The fourth-order valence-corrected chi connectivity index (χ4v) is 8.87. The summed E-state index contributed by atoms with van der Waals surface area (Å²) >= 11 is 0. The molecule has 1 heterocycles. The molecule has 0 bridgehead atoms. The first-order valence-corrected chi connectivity index (χ1v) is 19.9. The third kappa shape index (κ3) is 5.74. The molecular weight excluding hydrogens is 701 g/mol. The van der Waals surface area contributed by atoms with Gasteiger partial charge < -0.3 is 9.47 Å². The van der Waals surface area contributed by atoms with Gasteiger partial charge in [-0.25, -0.2) is 0 Å². The Bertz CT molecular complexity index is 3220. The SMILES string of the molecule is c1ccc(-c2ccc(-c3cc4ccccc4c4ccccc34)cc2N(c2ccccc2)c2ccc(-c3cccc(-n4c5ccccc5c5ccccc54)c3)cc2)cc1. The van der Waals surface area contributed by atoms with Gasteiger partial charge in [0.2, 0.25) is 0 Å². The Labute approximate surface area is 338 Å². The van der Waals surface area contributed by atoms with E-state index in [1.165, 1.54) is 76.7 Å². The van der Waals surface area contributed by atoms with Crippen LogP contribution < -0.4 is 4.90 Å². The van der Waals surface area contributed by atoms with Crippen molar-refractivity contribution in [3.05, 3.63) is 231 Å². The lowest BCUT2D eigenvalue weighted by molar-refractivity contribution is 1.18. The lowest BCUT2D eigenvalue weighted by atomic mass is 9.91. The van der Waals surface area contributed by atoms with Crippen molar-refractivity contribution in [2.75, 3.05) is 4.90 Å². The van der Waals surface area contributed by atoms with Gasteiger partial charge in [-0.3, -0.25) is 0 Å². The zero-order valence-electron chi connectivity index (χ0n) is 31.8. The summed E-state index contributed by atoms with van der Waals surface area (Å²) in [4.78, 5) is 2.41. The maximum Gasteiger partial charge on any atom is 0.0546 e. The molecule has 2 heteroatoms. The second-order valence-corrected chi connectivity index (χ2v) is 14.9. The number of nitrogens with zero attached hydrogens (tertiary/aromatic N) is 2. The molecule has 0 fully saturated rings. The van der Waals surface area contributed by atoms with Gasteiger partial charge in [-0.15, -0.1) is 0 Å². The molecule has 0 spiro atoms. The smallest absolute Gasteiger partial charge is 0.0546 e. The number of fused-ring (bicyclic) bond motifs is 6. The van der Waals surface area contributed by atoms with Crippen LogP contribution in [0.15, 0.2) is 231 Å². The molecule has 272 valence electrons. The fraction of sp³-hybridized carbons (Fsp3) is 0. The van der Waals surface area contributed by atoms with Gasteiger partial charge in [0.25, 0.3) is 0 Å². The van der Waals surface area contributed by atoms with Crippen molar-refractivity contribution in [3.63, 3.8) is 0 Å². The molecule has 11 rings (SSSR count). The molecule has 1 aromatic heterocycles. The summed E-state index contributed by atoms with van der Waals surface area (Å²) in [6, 6.07) is 83.7. The molecule has 0 aliphatic rings. The normalized spacial score (nSPS) is 11.4. The number of anilines is 3. The van der Waals surface area contributed by atoms with E-state index in [1.807, 2.05) is 0 Å². The lowest BCUT2D eigenvalue weighted by Gasteiger charge is -2.29. The summed E-state index contributed by atoms with van der Waals surface area (Å²) in [5.74, 6) is 0. The zero-order valence-corrected chi connectivity index (χ0v) is 31.8. The van der Waals surface area contributed by atoms with Crippen molar-refractivity contribution in [1.82, 2.24) is 4.57 Å². The Balaban J connectivity index is 1.06. The topological polar surface area (TPSA) is 8.17 Å². The Morgan fingerprint density at radius 2 is 0.845 bits per heavy atom. The van der Waals surface area contributed by atoms with Crippen LogP contribution in [0.25, 0.3) is 82.4 Å². The highest BCUT2D eigenvalue weighted by atomic mass is 15.1. The van der Waals surface area contributed by atoms with E-state index >= 15 is 0 Å². The van der Waals surface area contributed by atoms with E-state index in [0.717, 1.165) is 22.7 Å².